The van der Waals surface area contributed by atoms with Crippen LogP contribution in [0.25, 0.3) is 11.2 Å². The van der Waals surface area contributed by atoms with Crippen LogP contribution in [0.15, 0.2) is 17.4 Å². The first-order chi connectivity index (χ1) is 9.39. The van der Waals surface area contributed by atoms with Crippen LogP contribution in [0.3, 0.4) is 0 Å². The van der Waals surface area contributed by atoms with Crippen molar-refractivity contribution in [3.8, 4) is 0 Å². The van der Waals surface area contributed by atoms with Crippen LogP contribution in [0.2, 0.25) is 0 Å². The van der Waals surface area contributed by atoms with Gasteiger partial charge in [-0.1, -0.05) is 12.1 Å². The van der Waals surface area contributed by atoms with Gasteiger partial charge in [0.25, 0.3) is 0 Å². The summed E-state index contributed by atoms with van der Waals surface area (Å²) in [4.78, 5) is 8.70. The van der Waals surface area contributed by atoms with E-state index in [-0.39, 0.29) is 11.4 Å². The third kappa shape index (κ3) is 2.38. The highest BCUT2D eigenvalue weighted by atomic mass is 16.4. The van der Waals surface area contributed by atoms with Crippen LogP contribution in [-0.4, -0.2) is 31.1 Å². The van der Waals surface area contributed by atoms with Crippen LogP contribution in [0, 0.1) is 0 Å². The lowest BCUT2D eigenvalue weighted by Crippen LogP contribution is -2.31. The third-order valence-corrected chi connectivity index (χ3v) is 3.49. The number of oxime groups is 1. The summed E-state index contributed by atoms with van der Waals surface area (Å²) in [6.45, 7) is 6.31. The van der Waals surface area contributed by atoms with Crippen molar-refractivity contribution in [1.29, 1.82) is 0 Å². The van der Waals surface area contributed by atoms with Crippen molar-refractivity contribution in [3.63, 3.8) is 0 Å². The maximum Gasteiger partial charge on any atom is 0.205 e. The molecule has 0 spiro atoms. The number of anilines is 1. The minimum atomic E-state index is -0.0775. The average Bonchev–Trinajstić information content (AvgIpc) is 2.74. The Balaban J connectivity index is 2.59. The highest BCUT2D eigenvalue weighted by Gasteiger charge is 2.20. The summed E-state index contributed by atoms with van der Waals surface area (Å²) in [6.07, 6.45) is 2.55. The van der Waals surface area contributed by atoms with Gasteiger partial charge in [-0.15, -0.1) is 0 Å². The molecule has 0 aliphatic rings. The van der Waals surface area contributed by atoms with Crippen LogP contribution in [0.5, 0.6) is 0 Å². The molecule has 2 rings (SSSR count). The Hall–Kier alpha value is -2.31. The molecule has 2 aromatic heterocycles. The van der Waals surface area contributed by atoms with E-state index < -0.39 is 0 Å². The van der Waals surface area contributed by atoms with Crippen LogP contribution in [-0.2, 0) is 7.05 Å². The molecule has 0 aliphatic heterocycles. The number of aryl methyl sites for hydroxylation is 1. The predicted octanol–water partition coefficient (Wildman–Crippen LogP) is 1.66. The zero-order valence-electron chi connectivity index (χ0n) is 12.2. The largest absolute Gasteiger partial charge is 0.409 e. The summed E-state index contributed by atoms with van der Waals surface area (Å²) in [7, 11) is 1.87. The first kappa shape index (κ1) is 14.1. The Morgan fingerprint density at radius 3 is 2.85 bits per heavy atom. The van der Waals surface area contributed by atoms with Crippen molar-refractivity contribution in [2.24, 2.45) is 17.9 Å². The molecule has 0 atom stereocenters. The normalized spacial score (nSPS) is 12.9. The molecule has 0 bridgehead atoms. The number of pyridine rings is 1. The van der Waals surface area contributed by atoms with Gasteiger partial charge in [-0.3, -0.25) is 0 Å². The van der Waals surface area contributed by atoms with Crippen molar-refractivity contribution in [3.05, 3.63) is 17.8 Å². The second-order valence-corrected chi connectivity index (χ2v) is 5.37. The molecule has 0 unspecified atom stereocenters. The molecule has 0 aromatic carbocycles. The molecule has 0 fully saturated rings. The summed E-state index contributed by atoms with van der Waals surface area (Å²) in [6, 6.07) is 1.70. The van der Waals surface area contributed by atoms with Gasteiger partial charge in [0.15, 0.2) is 11.5 Å². The third-order valence-electron chi connectivity index (χ3n) is 3.49. The smallest absolute Gasteiger partial charge is 0.205 e. The number of nitrogens with zero attached hydrogens (tertiary/aromatic N) is 4. The van der Waals surface area contributed by atoms with Crippen LogP contribution >= 0.6 is 0 Å². The molecule has 0 amide bonds. The molecule has 2 heterocycles. The highest BCUT2D eigenvalue weighted by molar-refractivity contribution is 6.06. The molecule has 2 aromatic rings. The predicted molar refractivity (Wildman–Crippen MR) is 79.0 cm³/mol. The number of amidine groups is 1. The van der Waals surface area contributed by atoms with Crippen molar-refractivity contribution >= 4 is 22.9 Å². The van der Waals surface area contributed by atoms with Crippen molar-refractivity contribution in [2.45, 2.75) is 32.7 Å². The van der Waals surface area contributed by atoms with E-state index in [2.05, 4.69) is 41.2 Å². The minimum absolute atomic E-state index is 0.0432. The lowest BCUT2D eigenvalue weighted by molar-refractivity contribution is 0.318. The van der Waals surface area contributed by atoms with Crippen molar-refractivity contribution < 1.29 is 5.21 Å². The Bertz CT molecular complexity index is 658. The number of hydrogen-bond acceptors (Lipinski definition) is 5. The van der Waals surface area contributed by atoms with Crippen molar-refractivity contribution in [1.82, 2.24) is 14.5 Å². The van der Waals surface area contributed by atoms with E-state index in [1.165, 1.54) is 0 Å². The molecule has 20 heavy (non-hydrogen) atoms. The summed E-state index contributed by atoms with van der Waals surface area (Å²) in [5.74, 6) is 0.749. The fraction of sp³-hybridized carbons (Fsp3) is 0.462. The number of imidazole rings is 1. The second kappa shape index (κ2) is 4.99. The summed E-state index contributed by atoms with van der Waals surface area (Å²) >= 11 is 0. The van der Waals surface area contributed by atoms with Gasteiger partial charge >= 0.3 is 0 Å². The Morgan fingerprint density at radius 2 is 2.25 bits per heavy atom. The van der Waals surface area contributed by atoms with E-state index in [1.807, 2.05) is 11.6 Å². The Kier molecular flexibility index (Phi) is 3.52. The van der Waals surface area contributed by atoms with E-state index in [0.717, 1.165) is 11.9 Å². The molecule has 0 saturated carbocycles. The summed E-state index contributed by atoms with van der Waals surface area (Å²) in [5.41, 5.74) is 7.53. The Morgan fingerprint density at radius 1 is 1.55 bits per heavy atom. The molecular formula is C13H20N6O. The van der Waals surface area contributed by atoms with Crippen LogP contribution in [0.1, 0.15) is 32.8 Å². The van der Waals surface area contributed by atoms with E-state index in [0.29, 0.717) is 17.2 Å². The van der Waals surface area contributed by atoms with Crippen LogP contribution < -0.4 is 11.1 Å². The first-order valence-electron chi connectivity index (χ1n) is 6.47. The average molecular weight is 276 g/mol. The number of nitrogens with two attached hydrogens (primary N) is 1. The number of fused-ring (bicyclic) bond motifs is 1. The second-order valence-electron chi connectivity index (χ2n) is 5.37. The number of nitrogens with one attached hydrogen (secondary N) is 1. The van der Waals surface area contributed by atoms with Gasteiger partial charge in [-0.25, -0.2) is 4.98 Å². The topological polar surface area (TPSA) is 101 Å². The minimum Gasteiger partial charge on any atom is -0.409 e. The van der Waals surface area contributed by atoms with Crippen molar-refractivity contribution in [2.75, 3.05) is 5.32 Å². The fourth-order valence-electron chi connectivity index (χ4n) is 1.90. The van der Waals surface area contributed by atoms with E-state index in [4.69, 9.17) is 10.9 Å². The van der Waals surface area contributed by atoms with Crippen LogP contribution in [0.4, 0.5) is 5.95 Å². The van der Waals surface area contributed by atoms with Gasteiger partial charge in [0.05, 0.1) is 5.52 Å². The van der Waals surface area contributed by atoms with E-state index in [9.17, 15) is 0 Å². The Labute approximate surface area is 117 Å². The molecule has 0 aliphatic carbocycles. The summed E-state index contributed by atoms with van der Waals surface area (Å²) in [5, 5.41) is 15.3. The lowest BCUT2D eigenvalue weighted by atomic mass is 10.0. The number of rotatable bonds is 4. The van der Waals surface area contributed by atoms with E-state index >= 15 is 0 Å². The molecule has 4 N–H and O–H groups in total. The SMILES string of the molecule is CCC(C)(C)Nc1nc2nccc(C(N)=NO)c2n1C. The van der Waals surface area contributed by atoms with E-state index in [1.54, 1.807) is 12.3 Å². The molecule has 7 heteroatoms. The van der Waals surface area contributed by atoms with Gasteiger partial charge in [0, 0.05) is 24.3 Å². The monoisotopic (exact) mass is 276 g/mol. The maximum atomic E-state index is 8.87. The van der Waals surface area contributed by atoms with Gasteiger partial charge < -0.3 is 20.8 Å². The molecule has 0 saturated heterocycles. The van der Waals surface area contributed by atoms with Gasteiger partial charge in [0.2, 0.25) is 5.95 Å². The molecular weight excluding hydrogens is 256 g/mol. The fourth-order valence-corrected chi connectivity index (χ4v) is 1.90. The molecule has 108 valence electrons. The maximum absolute atomic E-state index is 8.87. The highest BCUT2D eigenvalue weighted by Crippen LogP contribution is 2.23. The van der Waals surface area contributed by atoms with Gasteiger partial charge in [-0.2, -0.15) is 4.98 Å². The standard InChI is InChI=1S/C13H20N6O/c1-5-13(2,3)17-12-16-11-9(19(12)4)8(6-7-15-11)10(14)18-20/h6-7,20H,5H2,1-4H3,(H2,14,18)(H,15,16,17). The van der Waals surface area contributed by atoms with Gasteiger partial charge in [0.1, 0.15) is 0 Å². The first-order valence-corrected chi connectivity index (χ1v) is 6.47. The molecule has 7 nitrogen and oxygen atoms in total. The number of hydrogen-bond donors (Lipinski definition) is 3. The summed E-state index contributed by atoms with van der Waals surface area (Å²) < 4.78 is 1.87. The zero-order chi connectivity index (χ0) is 14.9. The lowest BCUT2D eigenvalue weighted by Gasteiger charge is -2.25. The quantitative estimate of drug-likeness (QED) is 0.341. The van der Waals surface area contributed by atoms with Gasteiger partial charge in [-0.05, 0) is 26.3 Å². The molecule has 0 radical (unpaired) electrons. The zero-order valence-corrected chi connectivity index (χ0v) is 12.2. The number of aromatic nitrogens is 3.